The number of hydrogen-bond donors (Lipinski definition) is 2. The summed E-state index contributed by atoms with van der Waals surface area (Å²) in [6.07, 6.45) is 6.28. The molecule has 1 heterocycles. The molecule has 2 aromatic rings. The lowest BCUT2D eigenvalue weighted by Crippen LogP contribution is -2.52. The van der Waals surface area contributed by atoms with Crippen LogP contribution in [0.1, 0.15) is 58.4 Å². The molecule has 0 bridgehead atoms. The molecule has 1 saturated carbocycles. The Bertz CT molecular complexity index is 903. The van der Waals surface area contributed by atoms with Crippen LogP contribution in [0, 0.1) is 0 Å². The number of carbonyl (C=O) groups is 1. The minimum Gasteiger partial charge on any atom is -0.506 e. The van der Waals surface area contributed by atoms with Crippen molar-refractivity contribution in [3.8, 4) is 11.5 Å². The molecule has 2 N–H and O–H groups in total. The van der Waals surface area contributed by atoms with Crippen molar-refractivity contribution >= 4 is 17.0 Å². The highest BCUT2D eigenvalue weighted by Crippen LogP contribution is 2.32. The summed E-state index contributed by atoms with van der Waals surface area (Å²) in [6.45, 7) is 5.29. The molecule has 170 valence electrons. The van der Waals surface area contributed by atoms with Crippen LogP contribution in [0.4, 0.5) is 4.79 Å². The van der Waals surface area contributed by atoms with Crippen molar-refractivity contribution in [1.82, 2.24) is 9.88 Å². The smallest absolute Gasteiger partial charge is 0.410 e. The number of carbonyl (C=O) groups excluding carboxylic acids is 1. The lowest BCUT2D eigenvalue weighted by molar-refractivity contribution is -0.00812. The Hall–Kier alpha value is -2.54. The van der Waals surface area contributed by atoms with E-state index in [-0.39, 0.29) is 24.8 Å². The topological polar surface area (TPSA) is 92.1 Å². The molecule has 1 unspecified atom stereocenters. The van der Waals surface area contributed by atoms with Crippen molar-refractivity contribution < 1.29 is 24.5 Å². The third-order valence-electron chi connectivity index (χ3n) is 5.78. The lowest BCUT2D eigenvalue weighted by Gasteiger charge is -2.40. The second-order valence-electron chi connectivity index (χ2n) is 9.23. The monoisotopic (exact) mass is 430 g/mol. The van der Waals surface area contributed by atoms with E-state index < -0.39 is 17.7 Å². The van der Waals surface area contributed by atoms with Crippen LogP contribution in [-0.2, 0) is 11.2 Å². The van der Waals surface area contributed by atoms with Crippen LogP contribution in [0.3, 0.4) is 0 Å². The number of amides is 1. The number of aliphatic hydroxyl groups is 1. The second-order valence-corrected chi connectivity index (χ2v) is 9.23. The molecule has 1 atom stereocenters. The summed E-state index contributed by atoms with van der Waals surface area (Å²) < 4.78 is 11.0. The Labute approximate surface area is 184 Å². The molecule has 1 fully saturated rings. The summed E-state index contributed by atoms with van der Waals surface area (Å²) in [4.78, 5) is 19.2. The Balaban J connectivity index is 1.99. The Morgan fingerprint density at radius 2 is 1.97 bits per heavy atom. The molecular weight excluding hydrogens is 396 g/mol. The van der Waals surface area contributed by atoms with E-state index >= 15 is 0 Å². The third kappa shape index (κ3) is 5.58. The summed E-state index contributed by atoms with van der Waals surface area (Å²) in [6, 6.07) is 4.95. The first-order chi connectivity index (χ1) is 14.7. The second kappa shape index (κ2) is 9.73. The number of rotatable bonds is 6. The Morgan fingerprint density at radius 3 is 2.58 bits per heavy atom. The third-order valence-corrected chi connectivity index (χ3v) is 5.78. The zero-order chi connectivity index (χ0) is 22.6. The highest BCUT2D eigenvalue weighted by molar-refractivity contribution is 5.85. The predicted molar refractivity (Wildman–Crippen MR) is 119 cm³/mol. The van der Waals surface area contributed by atoms with E-state index in [2.05, 4.69) is 4.98 Å². The van der Waals surface area contributed by atoms with Gasteiger partial charge in [0.15, 0.2) is 0 Å². The molecule has 7 heteroatoms. The zero-order valence-electron chi connectivity index (χ0n) is 18.9. The van der Waals surface area contributed by atoms with Gasteiger partial charge in [0, 0.05) is 17.0 Å². The minimum absolute atomic E-state index is 0.00512. The molecule has 3 rings (SSSR count). The summed E-state index contributed by atoms with van der Waals surface area (Å²) in [7, 11) is 1.58. The van der Waals surface area contributed by atoms with E-state index in [1.807, 2.05) is 39.0 Å². The molecule has 1 aliphatic rings. The summed E-state index contributed by atoms with van der Waals surface area (Å²) in [5.41, 5.74) is 0.710. The van der Waals surface area contributed by atoms with Crippen molar-refractivity contribution in [2.24, 2.45) is 0 Å². The lowest BCUT2D eigenvalue weighted by atomic mass is 9.92. The normalized spacial score (nSPS) is 16.2. The largest absolute Gasteiger partial charge is 0.506 e. The van der Waals surface area contributed by atoms with Gasteiger partial charge in [-0.3, -0.25) is 9.88 Å². The van der Waals surface area contributed by atoms with Gasteiger partial charge in [-0.1, -0.05) is 19.3 Å². The maximum Gasteiger partial charge on any atom is 0.410 e. The van der Waals surface area contributed by atoms with Gasteiger partial charge in [0.2, 0.25) is 0 Å². The maximum atomic E-state index is 13.2. The average Bonchev–Trinajstić information content (AvgIpc) is 2.74. The van der Waals surface area contributed by atoms with Gasteiger partial charge < -0.3 is 19.7 Å². The van der Waals surface area contributed by atoms with E-state index in [9.17, 15) is 15.0 Å². The Morgan fingerprint density at radius 1 is 1.26 bits per heavy atom. The molecule has 1 aliphatic carbocycles. The first-order valence-electron chi connectivity index (χ1n) is 11.0. The number of benzene rings is 1. The van der Waals surface area contributed by atoms with Gasteiger partial charge in [-0.15, -0.1) is 0 Å². The van der Waals surface area contributed by atoms with E-state index in [1.54, 1.807) is 12.0 Å². The van der Waals surface area contributed by atoms with Gasteiger partial charge >= 0.3 is 6.09 Å². The molecule has 0 radical (unpaired) electrons. The number of hydrogen-bond acceptors (Lipinski definition) is 6. The summed E-state index contributed by atoms with van der Waals surface area (Å²) >= 11 is 0. The number of aromatic hydroxyl groups is 1. The standard InChI is InChI=1S/C24H34N2O5/c1-24(2,3)31-23(29)26(16-8-6-5-7-9-16)17(15-27)12-20-19-13-18(30-4)10-11-21(19)25-14-22(20)28/h10-11,13-14,16-17,27-28H,5-9,12,15H2,1-4H3. The highest BCUT2D eigenvalue weighted by Gasteiger charge is 2.35. The van der Waals surface area contributed by atoms with Gasteiger partial charge in [-0.25, -0.2) is 4.79 Å². The van der Waals surface area contributed by atoms with Crippen LogP contribution in [0.25, 0.3) is 10.9 Å². The first-order valence-corrected chi connectivity index (χ1v) is 11.0. The van der Waals surface area contributed by atoms with Crippen LogP contribution in [0.15, 0.2) is 24.4 Å². The summed E-state index contributed by atoms with van der Waals surface area (Å²) in [5.74, 6) is 0.685. The molecule has 7 nitrogen and oxygen atoms in total. The van der Waals surface area contributed by atoms with Crippen molar-refractivity contribution in [3.05, 3.63) is 30.0 Å². The van der Waals surface area contributed by atoms with E-state index in [0.717, 1.165) is 37.5 Å². The van der Waals surface area contributed by atoms with Gasteiger partial charge in [-0.2, -0.15) is 0 Å². The molecule has 1 aromatic heterocycles. The fourth-order valence-corrected chi connectivity index (χ4v) is 4.31. The molecule has 0 spiro atoms. The summed E-state index contributed by atoms with van der Waals surface area (Å²) in [5, 5.41) is 21.7. The molecule has 1 aromatic carbocycles. The predicted octanol–water partition coefficient (Wildman–Crippen LogP) is 4.42. The van der Waals surface area contributed by atoms with Crippen molar-refractivity contribution in [1.29, 1.82) is 0 Å². The SMILES string of the molecule is COc1ccc2ncc(O)c(CC(CO)N(C(=O)OC(C)(C)C)C3CCCCC3)c2c1. The molecule has 0 saturated heterocycles. The van der Waals surface area contributed by atoms with Crippen LogP contribution in [-0.4, -0.2) is 57.6 Å². The number of pyridine rings is 1. The molecule has 1 amide bonds. The number of ether oxygens (including phenoxy) is 2. The highest BCUT2D eigenvalue weighted by atomic mass is 16.6. The Kier molecular flexibility index (Phi) is 7.26. The number of nitrogens with zero attached hydrogens (tertiary/aromatic N) is 2. The molecule has 31 heavy (non-hydrogen) atoms. The van der Waals surface area contributed by atoms with Crippen LogP contribution >= 0.6 is 0 Å². The number of aliphatic hydroxyl groups excluding tert-OH is 1. The van der Waals surface area contributed by atoms with Crippen LogP contribution < -0.4 is 4.74 Å². The fraction of sp³-hybridized carbons (Fsp3) is 0.583. The molecule has 0 aliphatic heterocycles. The molecular formula is C24H34N2O5. The quantitative estimate of drug-likeness (QED) is 0.705. The van der Waals surface area contributed by atoms with Gasteiger partial charge in [0.05, 0.1) is 31.5 Å². The van der Waals surface area contributed by atoms with Crippen molar-refractivity contribution in [2.75, 3.05) is 13.7 Å². The first kappa shape index (κ1) is 23.1. The number of aromatic nitrogens is 1. The van der Waals surface area contributed by atoms with Crippen LogP contribution in [0.2, 0.25) is 0 Å². The van der Waals surface area contributed by atoms with E-state index in [4.69, 9.17) is 9.47 Å². The number of fused-ring (bicyclic) bond motifs is 1. The number of methoxy groups -OCH3 is 1. The minimum atomic E-state index is -0.636. The van der Waals surface area contributed by atoms with E-state index in [1.165, 1.54) is 6.20 Å². The van der Waals surface area contributed by atoms with E-state index in [0.29, 0.717) is 16.8 Å². The fourth-order valence-electron chi connectivity index (χ4n) is 4.31. The zero-order valence-corrected chi connectivity index (χ0v) is 18.9. The van der Waals surface area contributed by atoms with Crippen LogP contribution in [0.5, 0.6) is 11.5 Å². The maximum absolute atomic E-state index is 13.2. The van der Waals surface area contributed by atoms with Gasteiger partial charge in [0.25, 0.3) is 0 Å². The van der Waals surface area contributed by atoms with Crippen molar-refractivity contribution in [2.45, 2.75) is 77.0 Å². The van der Waals surface area contributed by atoms with Crippen molar-refractivity contribution in [3.63, 3.8) is 0 Å². The van der Waals surface area contributed by atoms with Gasteiger partial charge in [0.1, 0.15) is 17.1 Å². The average molecular weight is 431 g/mol. The van der Waals surface area contributed by atoms with Gasteiger partial charge in [-0.05, 0) is 58.2 Å².